The highest BCUT2D eigenvalue weighted by Crippen LogP contribution is 2.18. The lowest BCUT2D eigenvalue weighted by Crippen LogP contribution is -2.07. The standard InChI is InChI=1S/C11H10FNO2/c12-8-1-2-10-9(6-8)7(3-4-13)5-11(14)15-10/h1-2,5-6H,3-4,13H2. The second-order valence-electron chi connectivity index (χ2n) is 3.27. The van der Waals surface area contributed by atoms with Gasteiger partial charge in [-0.05, 0) is 36.7 Å². The Balaban J connectivity index is 2.75. The Morgan fingerprint density at radius 1 is 1.33 bits per heavy atom. The van der Waals surface area contributed by atoms with Crippen molar-refractivity contribution < 1.29 is 8.81 Å². The minimum atomic E-state index is -0.433. The molecule has 0 aliphatic rings. The zero-order valence-corrected chi connectivity index (χ0v) is 8.00. The Morgan fingerprint density at radius 3 is 2.87 bits per heavy atom. The molecule has 3 nitrogen and oxygen atoms in total. The van der Waals surface area contributed by atoms with E-state index in [0.717, 1.165) is 5.56 Å². The molecule has 2 rings (SSSR count). The van der Waals surface area contributed by atoms with Crippen molar-refractivity contribution in [1.29, 1.82) is 0 Å². The Kier molecular flexibility index (Phi) is 2.51. The number of nitrogens with two attached hydrogens (primary N) is 1. The number of hydrogen-bond donors (Lipinski definition) is 1. The second kappa shape index (κ2) is 3.82. The average Bonchev–Trinajstić information content (AvgIpc) is 2.19. The van der Waals surface area contributed by atoms with Crippen LogP contribution in [0.25, 0.3) is 11.0 Å². The van der Waals surface area contributed by atoms with Gasteiger partial charge in [0.2, 0.25) is 0 Å². The highest BCUT2D eigenvalue weighted by molar-refractivity contribution is 5.80. The summed E-state index contributed by atoms with van der Waals surface area (Å²) in [6.45, 7) is 0.412. The molecule has 0 fully saturated rings. The number of rotatable bonds is 2. The van der Waals surface area contributed by atoms with Crippen molar-refractivity contribution in [2.45, 2.75) is 6.42 Å². The predicted molar refractivity (Wildman–Crippen MR) is 55.2 cm³/mol. The molecule has 0 aliphatic carbocycles. The van der Waals surface area contributed by atoms with Gasteiger partial charge >= 0.3 is 5.63 Å². The maximum Gasteiger partial charge on any atom is 0.336 e. The monoisotopic (exact) mass is 207 g/mol. The minimum absolute atomic E-state index is 0.352. The molecule has 1 aromatic heterocycles. The molecule has 2 aromatic rings. The van der Waals surface area contributed by atoms with Gasteiger partial charge < -0.3 is 10.2 Å². The summed E-state index contributed by atoms with van der Waals surface area (Å²) < 4.78 is 17.9. The lowest BCUT2D eigenvalue weighted by molar-refractivity contribution is 0.556. The Hall–Kier alpha value is -1.68. The van der Waals surface area contributed by atoms with Gasteiger partial charge in [0.25, 0.3) is 0 Å². The first kappa shape index (κ1) is 9.86. The highest BCUT2D eigenvalue weighted by Gasteiger charge is 2.05. The minimum Gasteiger partial charge on any atom is -0.423 e. The fourth-order valence-electron chi connectivity index (χ4n) is 1.56. The summed E-state index contributed by atoms with van der Waals surface area (Å²) in [6.07, 6.45) is 0.533. The second-order valence-corrected chi connectivity index (χ2v) is 3.27. The van der Waals surface area contributed by atoms with Gasteiger partial charge in [0.1, 0.15) is 11.4 Å². The van der Waals surface area contributed by atoms with E-state index < -0.39 is 5.63 Å². The maximum absolute atomic E-state index is 13.0. The van der Waals surface area contributed by atoms with E-state index in [9.17, 15) is 9.18 Å². The zero-order valence-electron chi connectivity index (χ0n) is 8.00. The zero-order chi connectivity index (χ0) is 10.8. The first-order chi connectivity index (χ1) is 7.20. The lowest BCUT2D eigenvalue weighted by Gasteiger charge is -2.03. The molecular weight excluding hydrogens is 197 g/mol. The van der Waals surface area contributed by atoms with Crippen molar-refractivity contribution in [2.24, 2.45) is 5.73 Å². The van der Waals surface area contributed by atoms with Crippen molar-refractivity contribution in [3.63, 3.8) is 0 Å². The van der Waals surface area contributed by atoms with Crippen molar-refractivity contribution in [3.05, 3.63) is 46.1 Å². The van der Waals surface area contributed by atoms with Gasteiger partial charge in [-0.3, -0.25) is 0 Å². The quantitative estimate of drug-likeness (QED) is 0.758. The molecule has 0 atom stereocenters. The van der Waals surface area contributed by atoms with Gasteiger partial charge in [0.15, 0.2) is 0 Å². The molecule has 0 saturated carbocycles. The van der Waals surface area contributed by atoms with Crippen LogP contribution in [0.4, 0.5) is 4.39 Å². The molecule has 0 radical (unpaired) electrons. The molecule has 1 aromatic carbocycles. The Bertz CT molecular complexity index is 548. The molecule has 1 heterocycles. The van der Waals surface area contributed by atoms with Crippen LogP contribution in [0, 0.1) is 5.82 Å². The smallest absolute Gasteiger partial charge is 0.336 e. The number of benzene rings is 1. The van der Waals surface area contributed by atoms with E-state index in [4.69, 9.17) is 10.2 Å². The predicted octanol–water partition coefficient (Wildman–Crippen LogP) is 1.43. The summed E-state index contributed by atoms with van der Waals surface area (Å²) in [5, 5.41) is 0.611. The fourth-order valence-corrected chi connectivity index (χ4v) is 1.56. The SMILES string of the molecule is NCCc1cc(=O)oc2ccc(F)cc12. The van der Waals surface area contributed by atoms with Gasteiger partial charge in [0.05, 0.1) is 0 Å². The molecule has 0 saturated heterocycles. The summed E-state index contributed by atoms with van der Waals surface area (Å²) in [6, 6.07) is 5.42. The summed E-state index contributed by atoms with van der Waals surface area (Å²) in [7, 11) is 0. The van der Waals surface area contributed by atoms with Crippen molar-refractivity contribution >= 4 is 11.0 Å². The molecule has 0 aliphatic heterocycles. The number of fused-ring (bicyclic) bond motifs is 1. The van der Waals surface area contributed by atoms with E-state index in [2.05, 4.69) is 0 Å². The van der Waals surface area contributed by atoms with Crippen molar-refractivity contribution in [2.75, 3.05) is 6.54 Å². The molecule has 0 unspecified atom stereocenters. The van der Waals surface area contributed by atoms with E-state index >= 15 is 0 Å². The molecule has 2 N–H and O–H groups in total. The molecule has 0 spiro atoms. The topological polar surface area (TPSA) is 56.2 Å². The first-order valence-electron chi connectivity index (χ1n) is 4.63. The van der Waals surface area contributed by atoms with Crippen LogP contribution in [0.2, 0.25) is 0 Å². The molecule has 15 heavy (non-hydrogen) atoms. The van der Waals surface area contributed by atoms with Gasteiger partial charge in [0, 0.05) is 11.5 Å². The van der Waals surface area contributed by atoms with Crippen LogP contribution in [0.15, 0.2) is 33.5 Å². The van der Waals surface area contributed by atoms with Crippen LogP contribution in [-0.2, 0) is 6.42 Å². The third-order valence-electron chi connectivity index (χ3n) is 2.20. The van der Waals surface area contributed by atoms with E-state index in [1.54, 1.807) is 0 Å². The number of hydrogen-bond acceptors (Lipinski definition) is 3. The van der Waals surface area contributed by atoms with Crippen LogP contribution in [0.3, 0.4) is 0 Å². The largest absolute Gasteiger partial charge is 0.423 e. The van der Waals surface area contributed by atoms with Crippen molar-refractivity contribution in [1.82, 2.24) is 0 Å². The van der Waals surface area contributed by atoms with E-state index in [1.807, 2.05) is 0 Å². The lowest BCUT2D eigenvalue weighted by atomic mass is 10.1. The fraction of sp³-hybridized carbons (Fsp3) is 0.182. The van der Waals surface area contributed by atoms with E-state index in [0.29, 0.717) is 23.9 Å². The number of halogens is 1. The molecular formula is C11H10FNO2. The van der Waals surface area contributed by atoms with Gasteiger partial charge in [-0.25, -0.2) is 9.18 Å². The highest BCUT2D eigenvalue weighted by atomic mass is 19.1. The average molecular weight is 207 g/mol. The summed E-state index contributed by atoms with van der Waals surface area (Å²) in [4.78, 5) is 11.2. The normalized spacial score (nSPS) is 10.8. The van der Waals surface area contributed by atoms with Crippen LogP contribution in [0.5, 0.6) is 0 Å². The van der Waals surface area contributed by atoms with Gasteiger partial charge in [-0.1, -0.05) is 0 Å². The van der Waals surface area contributed by atoms with Crippen LogP contribution in [0.1, 0.15) is 5.56 Å². The van der Waals surface area contributed by atoms with Gasteiger partial charge in [-0.2, -0.15) is 0 Å². The molecule has 4 heteroatoms. The van der Waals surface area contributed by atoms with Crippen molar-refractivity contribution in [3.8, 4) is 0 Å². The summed E-state index contributed by atoms with van der Waals surface area (Å²) in [5.41, 5.74) is 6.10. The third-order valence-corrected chi connectivity index (χ3v) is 2.20. The Morgan fingerprint density at radius 2 is 2.13 bits per heavy atom. The molecule has 0 bridgehead atoms. The first-order valence-corrected chi connectivity index (χ1v) is 4.63. The van der Waals surface area contributed by atoms with Crippen LogP contribution < -0.4 is 11.4 Å². The maximum atomic E-state index is 13.0. The summed E-state index contributed by atoms with van der Waals surface area (Å²) >= 11 is 0. The summed E-state index contributed by atoms with van der Waals surface area (Å²) in [5.74, 6) is -0.352. The van der Waals surface area contributed by atoms with Gasteiger partial charge in [-0.15, -0.1) is 0 Å². The van der Waals surface area contributed by atoms with E-state index in [-0.39, 0.29) is 5.82 Å². The molecule has 78 valence electrons. The van der Waals surface area contributed by atoms with E-state index in [1.165, 1.54) is 24.3 Å². The Labute approximate surface area is 85.3 Å². The van der Waals surface area contributed by atoms with Crippen LogP contribution >= 0.6 is 0 Å². The van der Waals surface area contributed by atoms with Crippen LogP contribution in [-0.4, -0.2) is 6.54 Å². The molecule has 0 amide bonds. The third kappa shape index (κ3) is 1.89.